The van der Waals surface area contributed by atoms with Crippen LogP contribution in [0, 0.1) is 6.92 Å². The Balaban J connectivity index is 1.57. The Hall–Kier alpha value is -1.80. The van der Waals surface area contributed by atoms with E-state index in [1.807, 2.05) is 0 Å². The van der Waals surface area contributed by atoms with Gasteiger partial charge in [0, 0.05) is 38.4 Å². The third-order valence-corrected chi connectivity index (χ3v) is 3.99. The van der Waals surface area contributed by atoms with Gasteiger partial charge in [-0.3, -0.25) is 4.90 Å². The minimum Gasteiger partial charge on any atom is -0.369 e. The molecule has 0 atom stereocenters. The van der Waals surface area contributed by atoms with Crippen molar-refractivity contribution in [2.75, 3.05) is 31.1 Å². The fourth-order valence-electron chi connectivity index (χ4n) is 2.83. The molecule has 0 spiro atoms. The number of anilines is 1. The van der Waals surface area contributed by atoms with Crippen LogP contribution >= 0.6 is 0 Å². The van der Waals surface area contributed by atoms with E-state index in [-0.39, 0.29) is 0 Å². The van der Waals surface area contributed by atoms with Crippen LogP contribution in [0.2, 0.25) is 0 Å². The van der Waals surface area contributed by atoms with Gasteiger partial charge in [0.2, 0.25) is 0 Å². The molecule has 1 aliphatic rings. The second kappa shape index (κ2) is 6.10. The van der Waals surface area contributed by atoms with Crippen molar-refractivity contribution in [2.45, 2.75) is 13.5 Å². The van der Waals surface area contributed by atoms with Gasteiger partial charge in [0.05, 0.1) is 0 Å². The molecular formula is C18H22N2. The molecule has 2 nitrogen and oxygen atoms in total. The Morgan fingerprint density at radius 3 is 2.30 bits per heavy atom. The molecule has 0 N–H and O–H groups in total. The van der Waals surface area contributed by atoms with E-state index in [0.29, 0.717) is 0 Å². The molecular weight excluding hydrogens is 244 g/mol. The second-order valence-electron chi connectivity index (χ2n) is 5.59. The monoisotopic (exact) mass is 266 g/mol. The molecule has 1 aliphatic heterocycles. The number of aryl methyl sites for hydroxylation is 1. The zero-order valence-corrected chi connectivity index (χ0v) is 12.1. The van der Waals surface area contributed by atoms with Gasteiger partial charge >= 0.3 is 0 Å². The van der Waals surface area contributed by atoms with Crippen LogP contribution in [0.3, 0.4) is 0 Å². The standard InChI is InChI=1S/C18H22N2/c1-16-6-5-9-18(14-16)20-12-10-19(11-13-20)15-17-7-3-2-4-8-17/h2-9,14H,10-13,15H2,1H3. The van der Waals surface area contributed by atoms with E-state index in [1.165, 1.54) is 16.8 Å². The topological polar surface area (TPSA) is 6.48 Å². The molecule has 0 aromatic heterocycles. The Morgan fingerprint density at radius 2 is 1.60 bits per heavy atom. The van der Waals surface area contributed by atoms with Gasteiger partial charge in [-0.1, -0.05) is 42.5 Å². The fraction of sp³-hybridized carbons (Fsp3) is 0.333. The minimum atomic E-state index is 1.07. The highest BCUT2D eigenvalue weighted by molar-refractivity contribution is 5.48. The maximum atomic E-state index is 2.54. The number of hydrogen-bond donors (Lipinski definition) is 0. The van der Waals surface area contributed by atoms with Gasteiger partial charge in [0.1, 0.15) is 0 Å². The number of nitrogens with zero attached hydrogens (tertiary/aromatic N) is 2. The summed E-state index contributed by atoms with van der Waals surface area (Å²) < 4.78 is 0. The van der Waals surface area contributed by atoms with Crippen molar-refractivity contribution in [3.8, 4) is 0 Å². The molecule has 1 heterocycles. The SMILES string of the molecule is Cc1cccc(N2CCN(Cc3ccccc3)CC2)c1. The Morgan fingerprint density at radius 1 is 0.850 bits per heavy atom. The lowest BCUT2D eigenvalue weighted by Gasteiger charge is -2.36. The normalized spacial score (nSPS) is 16.4. The molecule has 2 heteroatoms. The number of hydrogen-bond acceptors (Lipinski definition) is 2. The van der Waals surface area contributed by atoms with E-state index in [0.717, 1.165) is 32.7 Å². The van der Waals surface area contributed by atoms with E-state index >= 15 is 0 Å². The summed E-state index contributed by atoms with van der Waals surface area (Å²) in [6.07, 6.45) is 0. The van der Waals surface area contributed by atoms with E-state index in [4.69, 9.17) is 0 Å². The van der Waals surface area contributed by atoms with Crippen molar-refractivity contribution in [1.82, 2.24) is 4.90 Å². The predicted molar refractivity (Wildman–Crippen MR) is 85.1 cm³/mol. The Kier molecular flexibility index (Phi) is 4.03. The van der Waals surface area contributed by atoms with Crippen LogP contribution in [0.25, 0.3) is 0 Å². The Labute approximate surface area is 121 Å². The van der Waals surface area contributed by atoms with Crippen LogP contribution in [0.15, 0.2) is 54.6 Å². The summed E-state index contributed by atoms with van der Waals surface area (Å²) in [5, 5.41) is 0. The van der Waals surface area contributed by atoms with Gasteiger partial charge < -0.3 is 4.90 Å². The van der Waals surface area contributed by atoms with Crippen LogP contribution in [-0.4, -0.2) is 31.1 Å². The quantitative estimate of drug-likeness (QED) is 0.841. The molecule has 0 bridgehead atoms. The van der Waals surface area contributed by atoms with E-state index in [9.17, 15) is 0 Å². The predicted octanol–water partition coefficient (Wildman–Crippen LogP) is 3.32. The second-order valence-corrected chi connectivity index (χ2v) is 5.59. The summed E-state index contributed by atoms with van der Waals surface area (Å²) in [5.74, 6) is 0. The van der Waals surface area contributed by atoms with Crippen LogP contribution in [0.5, 0.6) is 0 Å². The van der Waals surface area contributed by atoms with Gasteiger partial charge in [0.15, 0.2) is 0 Å². The lowest BCUT2D eigenvalue weighted by molar-refractivity contribution is 0.250. The molecule has 0 radical (unpaired) electrons. The van der Waals surface area contributed by atoms with Gasteiger partial charge in [-0.2, -0.15) is 0 Å². The lowest BCUT2D eigenvalue weighted by atomic mass is 10.1. The zero-order chi connectivity index (χ0) is 13.8. The van der Waals surface area contributed by atoms with Gasteiger partial charge in [0.25, 0.3) is 0 Å². The third-order valence-electron chi connectivity index (χ3n) is 3.99. The van der Waals surface area contributed by atoms with Crippen molar-refractivity contribution in [2.24, 2.45) is 0 Å². The highest BCUT2D eigenvalue weighted by Gasteiger charge is 2.17. The van der Waals surface area contributed by atoms with Crippen LogP contribution < -0.4 is 4.90 Å². The summed E-state index contributed by atoms with van der Waals surface area (Å²) in [4.78, 5) is 5.04. The summed E-state index contributed by atoms with van der Waals surface area (Å²) >= 11 is 0. The van der Waals surface area contributed by atoms with Crippen molar-refractivity contribution in [3.63, 3.8) is 0 Å². The van der Waals surface area contributed by atoms with Crippen molar-refractivity contribution < 1.29 is 0 Å². The molecule has 0 aliphatic carbocycles. The number of benzene rings is 2. The third kappa shape index (κ3) is 3.20. The molecule has 0 unspecified atom stereocenters. The van der Waals surface area contributed by atoms with Gasteiger partial charge in [-0.25, -0.2) is 0 Å². The van der Waals surface area contributed by atoms with Crippen LogP contribution in [0.4, 0.5) is 5.69 Å². The molecule has 1 saturated heterocycles. The van der Waals surface area contributed by atoms with Crippen molar-refractivity contribution in [3.05, 3.63) is 65.7 Å². The molecule has 0 saturated carbocycles. The lowest BCUT2D eigenvalue weighted by Crippen LogP contribution is -2.45. The average Bonchev–Trinajstić information content (AvgIpc) is 2.49. The fourth-order valence-corrected chi connectivity index (χ4v) is 2.83. The maximum Gasteiger partial charge on any atom is 0.0369 e. The largest absolute Gasteiger partial charge is 0.369 e. The first-order valence-corrected chi connectivity index (χ1v) is 7.39. The van der Waals surface area contributed by atoms with Crippen molar-refractivity contribution >= 4 is 5.69 Å². The highest BCUT2D eigenvalue weighted by Crippen LogP contribution is 2.18. The van der Waals surface area contributed by atoms with E-state index in [2.05, 4.69) is 71.3 Å². The smallest absolute Gasteiger partial charge is 0.0369 e. The minimum absolute atomic E-state index is 1.07. The van der Waals surface area contributed by atoms with Crippen LogP contribution in [-0.2, 0) is 6.54 Å². The Bertz CT molecular complexity index is 542. The first kappa shape index (κ1) is 13.2. The summed E-state index contributed by atoms with van der Waals surface area (Å²) in [6, 6.07) is 19.6. The molecule has 20 heavy (non-hydrogen) atoms. The molecule has 3 rings (SSSR count). The van der Waals surface area contributed by atoms with Gasteiger partial charge in [-0.05, 0) is 30.2 Å². The molecule has 0 amide bonds. The van der Waals surface area contributed by atoms with E-state index < -0.39 is 0 Å². The summed E-state index contributed by atoms with van der Waals surface area (Å²) in [5.41, 5.74) is 4.12. The molecule has 2 aromatic rings. The maximum absolute atomic E-state index is 2.54. The highest BCUT2D eigenvalue weighted by atomic mass is 15.3. The molecule has 1 fully saturated rings. The first-order chi connectivity index (χ1) is 9.81. The number of rotatable bonds is 3. The number of piperazine rings is 1. The average molecular weight is 266 g/mol. The summed E-state index contributed by atoms with van der Waals surface area (Å²) in [7, 11) is 0. The molecule has 104 valence electrons. The first-order valence-electron chi connectivity index (χ1n) is 7.39. The summed E-state index contributed by atoms with van der Waals surface area (Å²) in [6.45, 7) is 7.76. The van der Waals surface area contributed by atoms with Gasteiger partial charge in [-0.15, -0.1) is 0 Å². The van der Waals surface area contributed by atoms with Crippen molar-refractivity contribution in [1.29, 1.82) is 0 Å². The zero-order valence-electron chi connectivity index (χ0n) is 12.1. The van der Waals surface area contributed by atoms with E-state index in [1.54, 1.807) is 0 Å². The molecule has 2 aromatic carbocycles. The van der Waals surface area contributed by atoms with Crippen LogP contribution in [0.1, 0.15) is 11.1 Å².